The fraction of sp³-hybridized carbons (Fsp3) is 0.348. The van der Waals surface area contributed by atoms with Crippen molar-refractivity contribution in [3.05, 3.63) is 72.9 Å². The average molecular weight is 439 g/mol. The van der Waals surface area contributed by atoms with Gasteiger partial charge in [-0.15, -0.1) is 0 Å². The van der Waals surface area contributed by atoms with E-state index in [0.717, 1.165) is 3.89 Å². The second kappa shape index (κ2) is 6.80. The van der Waals surface area contributed by atoms with Crippen LogP contribution in [-0.4, -0.2) is 9.13 Å². The predicted molar refractivity (Wildman–Crippen MR) is 106 cm³/mol. The van der Waals surface area contributed by atoms with Crippen molar-refractivity contribution in [3.63, 3.8) is 0 Å². The van der Waals surface area contributed by atoms with Crippen LogP contribution in [0.25, 0.3) is 11.4 Å². The van der Waals surface area contributed by atoms with Crippen LogP contribution >= 0.6 is 0 Å². The number of imidazole rings is 1. The van der Waals surface area contributed by atoms with Gasteiger partial charge in [0.1, 0.15) is 0 Å². The summed E-state index contributed by atoms with van der Waals surface area (Å²) in [7, 11) is 0. The Balaban J connectivity index is 2.39. The second-order valence-electron chi connectivity index (χ2n) is 7.58. The van der Waals surface area contributed by atoms with E-state index in [9.17, 15) is 0 Å². The van der Waals surface area contributed by atoms with E-state index in [2.05, 4.69) is 108 Å². The van der Waals surface area contributed by atoms with E-state index >= 15 is 0 Å². The van der Waals surface area contributed by atoms with Crippen molar-refractivity contribution in [2.24, 2.45) is 0 Å². The predicted octanol–water partition coefficient (Wildman–Crippen LogP) is 5.81. The molecular formula is C23H28N2Pd. The van der Waals surface area contributed by atoms with E-state index in [4.69, 9.17) is 0 Å². The molecular weight excluding hydrogens is 411 g/mol. The zero-order valence-corrected chi connectivity index (χ0v) is 18.6. The van der Waals surface area contributed by atoms with Gasteiger partial charge in [0.25, 0.3) is 0 Å². The van der Waals surface area contributed by atoms with Crippen LogP contribution in [0.3, 0.4) is 0 Å². The molecule has 0 amide bonds. The van der Waals surface area contributed by atoms with Crippen molar-refractivity contribution >= 4 is 0 Å². The van der Waals surface area contributed by atoms with Gasteiger partial charge in [-0.1, -0.05) is 0 Å². The summed E-state index contributed by atoms with van der Waals surface area (Å²) in [5.74, 6) is 0. The minimum absolute atomic E-state index is 1.10. The summed E-state index contributed by atoms with van der Waals surface area (Å²) in [5, 5.41) is 0. The summed E-state index contributed by atoms with van der Waals surface area (Å²) < 4.78 is 5.83. The maximum atomic E-state index is 3.59. The van der Waals surface area contributed by atoms with Crippen LogP contribution in [0.2, 0.25) is 0 Å². The number of rotatable bonds is 2. The SMILES string of the molecule is Cc1cc(C)c(-n2c(C)c(C)n(-c3c(C)cc(C)cc3C)[c]2=[Pd])c(C)c1. The molecule has 1 aromatic heterocycles. The van der Waals surface area contributed by atoms with Crippen LogP contribution in [0.4, 0.5) is 0 Å². The molecule has 0 aliphatic heterocycles. The third-order valence-electron chi connectivity index (χ3n) is 5.25. The van der Waals surface area contributed by atoms with E-state index in [0.29, 0.717) is 0 Å². The standard InChI is InChI=1S/C23H28N2.Pd/c1-14-9-16(3)22(17(4)10-14)24-13-25(21(8)20(24)7)23-18(5)11-15(2)12-19(23)6;/h9-12H,1-8H3;. The molecule has 26 heavy (non-hydrogen) atoms. The zero-order valence-electron chi connectivity index (χ0n) is 17.0. The fourth-order valence-electron chi connectivity index (χ4n) is 4.24. The first-order valence-electron chi connectivity index (χ1n) is 9.06. The monoisotopic (exact) mass is 438 g/mol. The third kappa shape index (κ3) is 2.98. The van der Waals surface area contributed by atoms with Crippen LogP contribution < -0.4 is 0 Å². The number of nitrogens with zero attached hydrogens (tertiary/aromatic N) is 2. The first-order chi connectivity index (χ1) is 12.1. The molecule has 0 atom stereocenters. The number of benzene rings is 2. The Morgan fingerprint density at radius 1 is 0.538 bits per heavy atom. The zero-order chi connectivity index (χ0) is 19.3. The molecule has 0 unspecified atom stereocenters. The molecule has 0 radical (unpaired) electrons. The Bertz CT molecular complexity index is 950. The van der Waals surface area contributed by atoms with Crippen molar-refractivity contribution in [1.29, 1.82) is 0 Å². The normalized spacial score (nSPS) is 11.3. The topological polar surface area (TPSA) is 9.86 Å². The minimum atomic E-state index is 1.10. The molecule has 2 nitrogen and oxygen atoms in total. The van der Waals surface area contributed by atoms with Crippen LogP contribution in [0.5, 0.6) is 0 Å². The number of aromatic nitrogens is 2. The van der Waals surface area contributed by atoms with Gasteiger partial charge in [-0.2, -0.15) is 0 Å². The van der Waals surface area contributed by atoms with Gasteiger partial charge in [0, 0.05) is 0 Å². The summed E-state index contributed by atoms with van der Waals surface area (Å²) in [6.45, 7) is 17.5. The Labute approximate surface area is 167 Å². The summed E-state index contributed by atoms with van der Waals surface area (Å²) in [6.07, 6.45) is 0. The van der Waals surface area contributed by atoms with Gasteiger partial charge in [0.05, 0.1) is 0 Å². The Morgan fingerprint density at radius 3 is 1.08 bits per heavy atom. The van der Waals surface area contributed by atoms with Gasteiger partial charge >= 0.3 is 168 Å². The van der Waals surface area contributed by atoms with Gasteiger partial charge in [-0.25, -0.2) is 0 Å². The molecule has 0 saturated heterocycles. The van der Waals surface area contributed by atoms with Crippen LogP contribution in [0.1, 0.15) is 44.8 Å². The van der Waals surface area contributed by atoms with Crippen molar-refractivity contribution in [2.75, 3.05) is 0 Å². The van der Waals surface area contributed by atoms with Gasteiger partial charge in [0.2, 0.25) is 0 Å². The molecule has 2 aromatic carbocycles. The van der Waals surface area contributed by atoms with E-state index in [1.54, 1.807) is 0 Å². The van der Waals surface area contributed by atoms with Crippen molar-refractivity contribution in [1.82, 2.24) is 9.13 Å². The van der Waals surface area contributed by atoms with Crippen LogP contribution in [0.15, 0.2) is 24.3 Å². The number of aryl methyl sites for hydroxylation is 6. The summed E-state index contributed by atoms with van der Waals surface area (Å²) in [5.41, 5.74) is 12.9. The fourth-order valence-corrected chi connectivity index (χ4v) is 5.11. The molecule has 140 valence electrons. The Hall–Kier alpha value is -1.69. The van der Waals surface area contributed by atoms with Crippen molar-refractivity contribution in [3.8, 4) is 11.4 Å². The Kier molecular flexibility index (Phi) is 4.99. The summed E-state index contributed by atoms with van der Waals surface area (Å²) in [4.78, 5) is 0. The molecule has 3 aromatic rings. The van der Waals surface area contributed by atoms with E-state index in [1.807, 2.05) is 0 Å². The van der Waals surface area contributed by atoms with Crippen LogP contribution in [-0.2, 0) is 18.7 Å². The maximum absolute atomic E-state index is 3.59. The molecule has 1 heterocycles. The van der Waals surface area contributed by atoms with Gasteiger partial charge in [-0.3, -0.25) is 0 Å². The molecule has 0 aliphatic carbocycles. The molecule has 3 rings (SSSR count). The molecule has 0 saturated carbocycles. The van der Waals surface area contributed by atoms with Gasteiger partial charge in [0.15, 0.2) is 0 Å². The first-order valence-corrected chi connectivity index (χ1v) is 9.84. The molecule has 3 heteroatoms. The second-order valence-corrected chi connectivity index (χ2v) is 8.27. The molecule has 0 fully saturated rings. The first kappa shape index (κ1) is 19.1. The number of hydrogen-bond donors (Lipinski definition) is 0. The molecule has 0 spiro atoms. The van der Waals surface area contributed by atoms with E-state index < -0.39 is 0 Å². The van der Waals surface area contributed by atoms with E-state index in [-0.39, 0.29) is 0 Å². The van der Waals surface area contributed by atoms with E-state index in [1.165, 1.54) is 56.1 Å². The quantitative estimate of drug-likeness (QED) is 0.446. The van der Waals surface area contributed by atoms with Crippen LogP contribution in [0, 0.1) is 59.3 Å². The average Bonchev–Trinajstić information content (AvgIpc) is 2.71. The molecule has 0 bridgehead atoms. The van der Waals surface area contributed by atoms with Crippen molar-refractivity contribution < 1.29 is 18.7 Å². The van der Waals surface area contributed by atoms with Gasteiger partial charge in [-0.05, 0) is 0 Å². The number of hydrogen-bond acceptors (Lipinski definition) is 0. The summed E-state index contributed by atoms with van der Waals surface area (Å²) >= 11 is 3.59. The van der Waals surface area contributed by atoms with Gasteiger partial charge < -0.3 is 0 Å². The van der Waals surface area contributed by atoms with Crippen molar-refractivity contribution in [2.45, 2.75) is 55.4 Å². The third-order valence-corrected chi connectivity index (χ3v) is 5.95. The molecule has 0 aliphatic rings. The Morgan fingerprint density at radius 2 is 0.808 bits per heavy atom. The molecule has 0 N–H and O–H groups in total. The summed E-state index contributed by atoms with van der Waals surface area (Å²) in [6, 6.07) is 9.06.